The maximum atomic E-state index is 13.7. The number of fused-ring (bicyclic) bond motifs is 8. The van der Waals surface area contributed by atoms with E-state index in [1.165, 1.54) is 18.2 Å². The Kier molecular flexibility index (Phi) is 4.11. The Bertz CT molecular complexity index is 1130. The van der Waals surface area contributed by atoms with E-state index in [4.69, 9.17) is 9.47 Å². The van der Waals surface area contributed by atoms with Crippen LogP contribution in [0.25, 0.3) is 0 Å². The van der Waals surface area contributed by atoms with E-state index in [1.54, 1.807) is 0 Å². The van der Waals surface area contributed by atoms with Gasteiger partial charge in [0.05, 0.1) is 13.2 Å². The predicted molar refractivity (Wildman–Crippen MR) is 117 cm³/mol. The van der Waals surface area contributed by atoms with Gasteiger partial charge in [-0.25, -0.2) is 0 Å². The van der Waals surface area contributed by atoms with Gasteiger partial charge in [-0.2, -0.15) is 0 Å². The minimum Gasteiger partial charge on any atom is -0.468 e. The van der Waals surface area contributed by atoms with Gasteiger partial charge in [0.25, 0.3) is 0 Å². The van der Waals surface area contributed by atoms with Crippen molar-refractivity contribution in [2.45, 2.75) is 18.2 Å². The van der Waals surface area contributed by atoms with Gasteiger partial charge in [0.1, 0.15) is 11.0 Å². The Hall–Kier alpha value is -2.95. The number of rotatable bonds is 4. The molecular weight excluding hydrogens is 386 g/mol. The maximum Gasteiger partial charge on any atom is 0.317 e. The predicted octanol–water partition coefficient (Wildman–Crippen LogP) is 4.31. The number of nitrogens with zero attached hydrogens (tertiary/aromatic N) is 1. The summed E-state index contributed by atoms with van der Waals surface area (Å²) in [5, 5.41) is 0. The molecule has 6 rings (SSSR count). The highest BCUT2D eigenvalue weighted by molar-refractivity contribution is 5.84. The number of esters is 1. The zero-order valence-corrected chi connectivity index (χ0v) is 17.5. The molecule has 3 aliphatic rings. The zero-order valence-electron chi connectivity index (χ0n) is 17.5. The molecule has 3 aliphatic heterocycles. The standard InChI is InChI=1S/C27H25NO3/c1-30-25(29)26-18-28(16-19-10-4-2-5-11-19)17-23(26)24-21-14-8-9-15-22(21)27(26,31-24)20-12-6-3-7-13-20/h2-15,23-24H,16-18H2,1H3/t23-,24-,26-,27+/m1/s1. The van der Waals surface area contributed by atoms with Crippen molar-refractivity contribution in [1.29, 1.82) is 0 Å². The van der Waals surface area contributed by atoms with Crippen LogP contribution in [0.3, 0.4) is 0 Å². The normalized spacial score (nSPS) is 30.7. The third kappa shape index (κ3) is 2.35. The average molecular weight is 412 g/mol. The third-order valence-corrected chi connectivity index (χ3v) is 7.48. The first-order valence-electron chi connectivity index (χ1n) is 10.9. The summed E-state index contributed by atoms with van der Waals surface area (Å²) >= 11 is 0. The lowest BCUT2D eigenvalue weighted by atomic mass is 9.57. The van der Waals surface area contributed by atoms with E-state index in [2.05, 4.69) is 59.5 Å². The Balaban J connectivity index is 1.53. The average Bonchev–Trinajstić information content (AvgIpc) is 3.46. The summed E-state index contributed by atoms with van der Waals surface area (Å²) < 4.78 is 12.4. The highest BCUT2D eigenvalue weighted by Crippen LogP contribution is 2.71. The van der Waals surface area contributed by atoms with E-state index in [0.29, 0.717) is 6.54 Å². The molecule has 0 N–H and O–H groups in total. The van der Waals surface area contributed by atoms with Gasteiger partial charge in [-0.3, -0.25) is 9.69 Å². The third-order valence-electron chi connectivity index (χ3n) is 7.48. The second-order valence-electron chi connectivity index (χ2n) is 8.90. The van der Waals surface area contributed by atoms with Gasteiger partial charge in [0.15, 0.2) is 0 Å². The highest BCUT2D eigenvalue weighted by atomic mass is 16.6. The van der Waals surface area contributed by atoms with Crippen LogP contribution in [0.4, 0.5) is 0 Å². The van der Waals surface area contributed by atoms with E-state index in [-0.39, 0.29) is 18.0 Å². The van der Waals surface area contributed by atoms with Gasteiger partial charge in [-0.1, -0.05) is 84.9 Å². The monoisotopic (exact) mass is 411 g/mol. The van der Waals surface area contributed by atoms with Crippen molar-refractivity contribution in [3.05, 3.63) is 107 Å². The molecule has 4 atom stereocenters. The van der Waals surface area contributed by atoms with E-state index in [0.717, 1.165) is 24.2 Å². The molecule has 2 saturated heterocycles. The lowest BCUT2D eigenvalue weighted by Crippen LogP contribution is -2.54. The van der Waals surface area contributed by atoms with Crippen LogP contribution < -0.4 is 0 Å². The summed E-state index contributed by atoms with van der Waals surface area (Å²) in [5.74, 6) is -0.132. The smallest absolute Gasteiger partial charge is 0.317 e. The minimum absolute atomic E-state index is 0.0405. The number of benzene rings is 3. The summed E-state index contributed by atoms with van der Waals surface area (Å²) in [4.78, 5) is 16.1. The van der Waals surface area contributed by atoms with E-state index < -0.39 is 11.0 Å². The SMILES string of the molecule is COC(=O)[C@@]12CN(Cc3ccccc3)C[C@@H]1[C@@H]1O[C@@]2(c2ccccc2)c2ccccc21. The van der Waals surface area contributed by atoms with Crippen LogP contribution in [-0.2, 0) is 26.4 Å². The highest BCUT2D eigenvalue weighted by Gasteiger charge is 2.77. The molecule has 4 nitrogen and oxygen atoms in total. The van der Waals surface area contributed by atoms with Crippen molar-refractivity contribution < 1.29 is 14.3 Å². The summed E-state index contributed by atoms with van der Waals surface area (Å²) in [6, 6.07) is 29.1. The van der Waals surface area contributed by atoms with Crippen LogP contribution in [0.2, 0.25) is 0 Å². The molecule has 3 aromatic carbocycles. The van der Waals surface area contributed by atoms with Gasteiger partial charge in [-0.05, 0) is 22.3 Å². The number of carbonyl (C=O) groups is 1. The maximum absolute atomic E-state index is 13.7. The number of hydrogen-bond donors (Lipinski definition) is 0. The quantitative estimate of drug-likeness (QED) is 0.600. The molecule has 3 heterocycles. The fourth-order valence-corrected chi connectivity index (χ4v) is 6.38. The molecule has 0 aromatic heterocycles. The van der Waals surface area contributed by atoms with Gasteiger partial charge in [-0.15, -0.1) is 0 Å². The Morgan fingerprint density at radius 3 is 2.42 bits per heavy atom. The second-order valence-corrected chi connectivity index (χ2v) is 8.90. The second kappa shape index (κ2) is 6.78. The molecule has 0 unspecified atom stereocenters. The van der Waals surface area contributed by atoms with Crippen LogP contribution >= 0.6 is 0 Å². The number of methoxy groups -OCH3 is 1. The minimum atomic E-state index is -0.835. The summed E-state index contributed by atoms with van der Waals surface area (Å²) in [6.07, 6.45) is -0.115. The molecule has 0 spiro atoms. The summed E-state index contributed by atoms with van der Waals surface area (Å²) in [7, 11) is 1.50. The first-order chi connectivity index (χ1) is 15.2. The summed E-state index contributed by atoms with van der Waals surface area (Å²) in [6.45, 7) is 2.22. The van der Waals surface area contributed by atoms with Crippen molar-refractivity contribution in [3.8, 4) is 0 Å². The van der Waals surface area contributed by atoms with Crippen molar-refractivity contribution in [1.82, 2.24) is 4.90 Å². The lowest BCUT2D eigenvalue weighted by Gasteiger charge is -2.43. The molecule has 0 aliphatic carbocycles. The van der Waals surface area contributed by atoms with E-state index in [1.807, 2.05) is 30.3 Å². The molecule has 156 valence electrons. The molecule has 31 heavy (non-hydrogen) atoms. The molecule has 0 saturated carbocycles. The number of hydrogen-bond acceptors (Lipinski definition) is 4. The Morgan fingerprint density at radius 2 is 1.68 bits per heavy atom. The fourth-order valence-electron chi connectivity index (χ4n) is 6.38. The van der Waals surface area contributed by atoms with Crippen molar-refractivity contribution in [2.24, 2.45) is 11.3 Å². The topological polar surface area (TPSA) is 38.8 Å². The van der Waals surface area contributed by atoms with Crippen LogP contribution in [0.15, 0.2) is 84.9 Å². The van der Waals surface area contributed by atoms with Crippen LogP contribution in [-0.4, -0.2) is 31.1 Å². The van der Waals surface area contributed by atoms with Gasteiger partial charge >= 0.3 is 5.97 Å². The van der Waals surface area contributed by atoms with Gasteiger partial charge in [0.2, 0.25) is 0 Å². The number of ether oxygens (including phenoxy) is 2. The van der Waals surface area contributed by atoms with Crippen molar-refractivity contribution in [2.75, 3.05) is 20.2 Å². The van der Waals surface area contributed by atoms with Crippen LogP contribution in [0.5, 0.6) is 0 Å². The molecule has 2 fully saturated rings. The molecule has 2 bridgehead atoms. The molecule has 0 radical (unpaired) electrons. The van der Waals surface area contributed by atoms with Gasteiger partial charge in [0, 0.05) is 25.6 Å². The van der Waals surface area contributed by atoms with Crippen LogP contribution in [0.1, 0.15) is 28.4 Å². The van der Waals surface area contributed by atoms with Gasteiger partial charge < -0.3 is 9.47 Å². The first kappa shape index (κ1) is 18.8. The first-order valence-corrected chi connectivity index (χ1v) is 10.9. The van der Waals surface area contributed by atoms with E-state index in [9.17, 15) is 4.79 Å². The molecular formula is C27H25NO3. The molecule has 3 aromatic rings. The van der Waals surface area contributed by atoms with E-state index >= 15 is 0 Å². The fraction of sp³-hybridized carbons (Fsp3) is 0.296. The lowest BCUT2D eigenvalue weighted by molar-refractivity contribution is -0.163. The van der Waals surface area contributed by atoms with Crippen molar-refractivity contribution >= 4 is 5.97 Å². The summed E-state index contributed by atoms with van der Waals surface area (Å²) in [5.41, 5.74) is 2.98. The molecule has 0 amide bonds. The van der Waals surface area contributed by atoms with Crippen LogP contribution in [0, 0.1) is 11.3 Å². The Labute approximate surface area is 182 Å². The zero-order chi connectivity index (χ0) is 21.1. The number of likely N-dealkylation sites (tertiary alicyclic amines) is 1. The number of carbonyl (C=O) groups excluding carboxylic acids is 1. The van der Waals surface area contributed by atoms with Crippen molar-refractivity contribution in [3.63, 3.8) is 0 Å². The Morgan fingerprint density at radius 1 is 1.00 bits per heavy atom. The molecule has 4 heteroatoms. The largest absolute Gasteiger partial charge is 0.468 e.